The molecule has 2 unspecified atom stereocenters. The van der Waals surface area contributed by atoms with Crippen molar-refractivity contribution in [1.82, 2.24) is 10.6 Å². The summed E-state index contributed by atoms with van der Waals surface area (Å²) in [6, 6.07) is 3.90. The molecule has 0 aliphatic rings. The van der Waals surface area contributed by atoms with Gasteiger partial charge in [0.2, 0.25) is 0 Å². The van der Waals surface area contributed by atoms with E-state index in [2.05, 4.69) is 10.6 Å². The van der Waals surface area contributed by atoms with Crippen LogP contribution in [0.2, 0.25) is 0 Å². The van der Waals surface area contributed by atoms with Crippen molar-refractivity contribution in [3.8, 4) is 0 Å². The summed E-state index contributed by atoms with van der Waals surface area (Å²) in [7, 11) is 0. The fraction of sp³-hybridized carbons (Fsp3) is 0.286. The Morgan fingerprint density at radius 2 is 2.10 bits per heavy atom. The molecule has 2 atom stereocenters. The average molecular weight is 324 g/mol. The van der Waals surface area contributed by atoms with Crippen LogP contribution in [0.4, 0.5) is 4.79 Å². The molecule has 0 radical (unpaired) electrons. The third-order valence-corrected chi connectivity index (χ3v) is 4.52. The number of thiophene rings is 2. The van der Waals surface area contributed by atoms with Gasteiger partial charge in [-0.15, -0.1) is 11.3 Å². The molecule has 3 N–H and O–H groups in total. The van der Waals surface area contributed by atoms with Crippen molar-refractivity contribution in [3.05, 3.63) is 44.8 Å². The molecule has 0 spiro atoms. The van der Waals surface area contributed by atoms with Gasteiger partial charge in [-0.3, -0.25) is 0 Å². The molecule has 2 amide bonds. The predicted molar refractivity (Wildman–Crippen MR) is 83.8 cm³/mol. The lowest BCUT2D eigenvalue weighted by atomic mass is 10.1. The van der Waals surface area contributed by atoms with Crippen LogP contribution in [-0.2, 0) is 11.2 Å². The van der Waals surface area contributed by atoms with Gasteiger partial charge in [0.1, 0.15) is 0 Å². The molecular weight excluding hydrogens is 308 g/mol. The van der Waals surface area contributed by atoms with Crippen LogP contribution in [0.3, 0.4) is 0 Å². The summed E-state index contributed by atoms with van der Waals surface area (Å²) in [6.07, 6.45) is 0.716. The first-order valence-electron chi connectivity index (χ1n) is 6.40. The minimum Gasteiger partial charge on any atom is -0.479 e. The molecule has 2 rings (SSSR count). The first-order valence-corrected chi connectivity index (χ1v) is 8.23. The summed E-state index contributed by atoms with van der Waals surface area (Å²) >= 11 is 2.91. The topological polar surface area (TPSA) is 78.4 Å². The number of carbonyl (C=O) groups excluding carboxylic acids is 1. The van der Waals surface area contributed by atoms with E-state index in [0.29, 0.717) is 11.3 Å². The molecule has 2 aromatic heterocycles. The fourth-order valence-corrected chi connectivity index (χ4v) is 3.37. The van der Waals surface area contributed by atoms with Crippen LogP contribution >= 0.6 is 22.7 Å². The lowest BCUT2D eigenvalue weighted by molar-refractivity contribution is -0.139. The molecular formula is C14H16N2O3S2. The number of carbonyl (C=O) groups is 2. The summed E-state index contributed by atoms with van der Waals surface area (Å²) in [6.45, 7) is 1.89. The molecule has 0 aliphatic carbocycles. The molecule has 7 heteroatoms. The van der Waals surface area contributed by atoms with Crippen LogP contribution < -0.4 is 10.6 Å². The van der Waals surface area contributed by atoms with Gasteiger partial charge in [0.25, 0.3) is 0 Å². The van der Waals surface area contributed by atoms with Crippen molar-refractivity contribution >= 4 is 34.7 Å². The zero-order chi connectivity index (χ0) is 15.2. The second-order valence-corrected chi connectivity index (χ2v) is 6.40. The minimum absolute atomic E-state index is 0.0719. The normalized spacial score (nSPS) is 13.4. The third kappa shape index (κ3) is 4.57. The molecule has 0 aromatic carbocycles. The van der Waals surface area contributed by atoms with Gasteiger partial charge < -0.3 is 15.7 Å². The van der Waals surface area contributed by atoms with E-state index in [1.165, 1.54) is 11.3 Å². The maximum Gasteiger partial charge on any atom is 0.331 e. The van der Waals surface area contributed by atoms with Crippen molar-refractivity contribution in [3.63, 3.8) is 0 Å². The average Bonchev–Trinajstić information content (AvgIpc) is 3.07. The first-order chi connectivity index (χ1) is 10.1. The van der Waals surface area contributed by atoms with Crippen LogP contribution in [0.25, 0.3) is 0 Å². The lowest BCUT2D eigenvalue weighted by Gasteiger charge is -2.17. The van der Waals surface area contributed by atoms with Crippen LogP contribution in [0.1, 0.15) is 23.4 Å². The largest absolute Gasteiger partial charge is 0.479 e. The Morgan fingerprint density at radius 3 is 2.67 bits per heavy atom. The highest BCUT2D eigenvalue weighted by atomic mass is 32.1. The van der Waals surface area contributed by atoms with Gasteiger partial charge in [0.05, 0.1) is 0 Å². The van der Waals surface area contributed by atoms with E-state index in [9.17, 15) is 14.7 Å². The summed E-state index contributed by atoms with van der Waals surface area (Å²) in [5, 5.41) is 20.3. The van der Waals surface area contributed by atoms with Gasteiger partial charge in [0, 0.05) is 10.9 Å². The van der Waals surface area contributed by atoms with Crippen LogP contribution in [0.15, 0.2) is 34.3 Å². The van der Waals surface area contributed by atoms with Gasteiger partial charge >= 0.3 is 12.0 Å². The second kappa shape index (κ2) is 7.24. The van der Waals surface area contributed by atoms with E-state index >= 15 is 0 Å². The van der Waals surface area contributed by atoms with Crippen molar-refractivity contribution in [2.24, 2.45) is 0 Å². The van der Waals surface area contributed by atoms with E-state index in [4.69, 9.17) is 0 Å². The van der Waals surface area contributed by atoms with Crippen molar-refractivity contribution in [1.29, 1.82) is 0 Å². The van der Waals surface area contributed by atoms with E-state index < -0.39 is 18.0 Å². The number of nitrogens with one attached hydrogen (secondary N) is 2. The van der Waals surface area contributed by atoms with E-state index in [1.807, 2.05) is 23.8 Å². The highest BCUT2D eigenvalue weighted by Gasteiger charge is 2.23. The van der Waals surface area contributed by atoms with Crippen molar-refractivity contribution in [2.45, 2.75) is 25.4 Å². The Balaban J connectivity index is 1.89. The fourth-order valence-electron chi connectivity index (χ4n) is 1.92. The van der Waals surface area contributed by atoms with Crippen LogP contribution in [0, 0.1) is 0 Å². The Labute approximate surface area is 130 Å². The quantitative estimate of drug-likeness (QED) is 0.764. The number of amides is 2. The van der Waals surface area contributed by atoms with Crippen molar-refractivity contribution < 1.29 is 14.7 Å². The molecule has 0 saturated heterocycles. The van der Waals surface area contributed by atoms with Crippen molar-refractivity contribution in [2.75, 3.05) is 0 Å². The van der Waals surface area contributed by atoms with Gasteiger partial charge in [-0.2, -0.15) is 11.3 Å². The SMILES string of the molecule is CC(Cc1ccsc1)NC(=O)NC(C(=O)O)c1cccs1. The number of urea groups is 1. The van der Waals surface area contributed by atoms with Gasteiger partial charge in [0.15, 0.2) is 6.04 Å². The number of carboxylic acids is 1. The van der Waals surface area contributed by atoms with Gasteiger partial charge in [-0.1, -0.05) is 6.07 Å². The van der Waals surface area contributed by atoms with Crippen LogP contribution in [0.5, 0.6) is 0 Å². The number of rotatable bonds is 6. The molecule has 112 valence electrons. The smallest absolute Gasteiger partial charge is 0.331 e. The molecule has 0 fully saturated rings. The third-order valence-electron chi connectivity index (χ3n) is 2.85. The zero-order valence-corrected chi connectivity index (χ0v) is 13.0. The first kappa shape index (κ1) is 15.5. The second-order valence-electron chi connectivity index (χ2n) is 4.64. The number of hydrogen-bond acceptors (Lipinski definition) is 4. The number of aliphatic carboxylic acids is 1. The molecule has 2 aromatic rings. The summed E-state index contributed by atoms with van der Waals surface area (Å²) in [4.78, 5) is 23.8. The maximum absolute atomic E-state index is 11.9. The minimum atomic E-state index is -1.07. The highest BCUT2D eigenvalue weighted by Crippen LogP contribution is 2.19. The van der Waals surface area contributed by atoms with Gasteiger partial charge in [-0.05, 0) is 47.2 Å². The zero-order valence-electron chi connectivity index (χ0n) is 11.4. The summed E-state index contributed by atoms with van der Waals surface area (Å²) in [5.41, 5.74) is 1.15. The molecule has 0 aliphatic heterocycles. The molecule has 21 heavy (non-hydrogen) atoms. The molecule has 0 saturated carbocycles. The maximum atomic E-state index is 11.9. The Bertz CT molecular complexity index is 581. The summed E-state index contributed by atoms with van der Waals surface area (Å²) in [5.74, 6) is -1.07. The highest BCUT2D eigenvalue weighted by molar-refractivity contribution is 7.10. The van der Waals surface area contributed by atoms with E-state index in [1.54, 1.807) is 28.8 Å². The van der Waals surface area contributed by atoms with Crippen LogP contribution in [-0.4, -0.2) is 23.1 Å². The Morgan fingerprint density at radius 1 is 1.29 bits per heavy atom. The number of carboxylic acid groups (broad SMARTS) is 1. The van der Waals surface area contributed by atoms with E-state index in [-0.39, 0.29) is 6.04 Å². The monoisotopic (exact) mass is 324 g/mol. The predicted octanol–water partition coefficient (Wildman–Crippen LogP) is 2.87. The Kier molecular flexibility index (Phi) is 5.35. The Hall–Kier alpha value is -1.86. The van der Waals surface area contributed by atoms with E-state index in [0.717, 1.165) is 5.56 Å². The molecule has 5 nitrogen and oxygen atoms in total. The van der Waals surface area contributed by atoms with Gasteiger partial charge in [-0.25, -0.2) is 9.59 Å². The molecule has 2 heterocycles. The number of hydrogen-bond donors (Lipinski definition) is 3. The molecule has 0 bridgehead atoms. The summed E-state index contributed by atoms with van der Waals surface area (Å²) < 4.78 is 0. The standard InChI is InChI=1S/C14H16N2O3S2/c1-9(7-10-4-6-20-8-10)15-14(19)16-12(13(17)18)11-3-2-5-21-11/h2-6,8-9,12H,7H2,1H3,(H,17,18)(H2,15,16,19). The lowest BCUT2D eigenvalue weighted by Crippen LogP contribution is -2.44.